The molecule has 7 nitrogen and oxygen atoms in total. The predicted octanol–water partition coefficient (Wildman–Crippen LogP) is 2.74. The molecule has 0 amide bonds. The monoisotopic (exact) mass is 345 g/mol. The van der Waals surface area contributed by atoms with Crippen LogP contribution in [-0.4, -0.2) is 28.4 Å². The SMILES string of the molecule is CCCCc1cc(NS(=O)(=O)c2cnn(-c3ccccc3)c2)n[nH]1. The smallest absolute Gasteiger partial charge is 0.266 e. The average Bonchev–Trinajstić information content (AvgIpc) is 3.23. The lowest BCUT2D eigenvalue weighted by Gasteiger charge is -2.02. The van der Waals surface area contributed by atoms with Gasteiger partial charge in [0, 0.05) is 11.8 Å². The number of hydrogen-bond acceptors (Lipinski definition) is 4. The van der Waals surface area contributed by atoms with Gasteiger partial charge in [0.05, 0.1) is 18.1 Å². The van der Waals surface area contributed by atoms with Crippen molar-refractivity contribution in [2.45, 2.75) is 31.1 Å². The van der Waals surface area contributed by atoms with Gasteiger partial charge in [-0.15, -0.1) is 0 Å². The number of aryl methyl sites for hydroxylation is 1. The zero-order valence-electron chi connectivity index (χ0n) is 13.3. The van der Waals surface area contributed by atoms with Crippen LogP contribution in [0.5, 0.6) is 0 Å². The summed E-state index contributed by atoms with van der Waals surface area (Å²) in [5.74, 6) is 0.286. The summed E-state index contributed by atoms with van der Waals surface area (Å²) >= 11 is 0. The zero-order chi connectivity index (χ0) is 17.0. The molecule has 2 N–H and O–H groups in total. The molecule has 0 spiro atoms. The van der Waals surface area contributed by atoms with Gasteiger partial charge in [-0.2, -0.15) is 10.2 Å². The van der Waals surface area contributed by atoms with Crippen molar-refractivity contribution in [1.82, 2.24) is 20.0 Å². The fourth-order valence-electron chi connectivity index (χ4n) is 2.27. The van der Waals surface area contributed by atoms with E-state index in [1.165, 1.54) is 17.1 Å². The lowest BCUT2D eigenvalue weighted by atomic mass is 10.2. The molecule has 0 aliphatic carbocycles. The molecule has 0 atom stereocenters. The average molecular weight is 345 g/mol. The van der Waals surface area contributed by atoms with Gasteiger partial charge in [-0.3, -0.25) is 9.82 Å². The summed E-state index contributed by atoms with van der Waals surface area (Å²) in [4.78, 5) is 0.0875. The van der Waals surface area contributed by atoms with Gasteiger partial charge in [0.25, 0.3) is 10.0 Å². The number of H-pyrrole nitrogens is 1. The number of sulfonamides is 1. The van der Waals surface area contributed by atoms with Gasteiger partial charge in [0.1, 0.15) is 4.90 Å². The molecule has 8 heteroatoms. The second-order valence-corrected chi connectivity index (χ2v) is 7.13. The van der Waals surface area contributed by atoms with Crippen LogP contribution in [0.2, 0.25) is 0 Å². The molecule has 0 fully saturated rings. The molecule has 0 aliphatic heterocycles. The molecule has 1 aromatic carbocycles. The molecule has 0 saturated heterocycles. The second kappa shape index (κ2) is 6.88. The van der Waals surface area contributed by atoms with Crippen LogP contribution in [0.3, 0.4) is 0 Å². The highest BCUT2D eigenvalue weighted by atomic mass is 32.2. The molecule has 0 radical (unpaired) electrons. The Labute approximate surface area is 140 Å². The van der Waals surface area contributed by atoms with Gasteiger partial charge >= 0.3 is 0 Å². The molecule has 0 bridgehead atoms. The maximum atomic E-state index is 12.5. The molecule has 2 heterocycles. The van der Waals surface area contributed by atoms with Crippen molar-refractivity contribution >= 4 is 15.8 Å². The van der Waals surface area contributed by atoms with Crippen molar-refractivity contribution in [1.29, 1.82) is 0 Å². The van der Waals surface area contributed by atoms with Gasteiger partial charge < -0.3 is 0 Å². The van der Waals surface area contributed by atoms with Gasteiger partial charge in [0.2, 0.25) is 0 Å². The number of aromatic nitrogens is 4. The number of benzene rings is 1. The van der Waals surface area contributed by atoms with Crippen molar-refractivity contribution in [2.24, 2.45) is 0 Å². The van der Waals surface area contributed by atoms with Crippen LogP contribution in [0.4, 0.5) is 5.82 Å². The fraction of sp³-hybridized carbons (Fsp3) is 0.250. The minimum atomic E-state index is -3.72. The highest BCUT2D eigenvalue weighted by Crippen LogP contribution is 2.17. The minimum Gasteiger partial charge on any atom is -0.280 e. The Kier molecular flexibility index (Phi) is 4.66. The number of hydrogen-bond donors (Lipinski definition) is 2. The Balaban J connectivity index is 1.76. The third-order valence-corrected chi connectivity index (χ3v) is 4.87. The first-order valence-corrected chi connectivity index (χ1v) is 9.24. The van der Waals surface area contributed by atoms with E-state index >= 15 is 0 Å². The van der Waals surface area contributed by atoms with Crippen molar-refractivity contribution in [3.05, 3.63) is 54.5 Å². The van der Waals surface area contributed by atoms with Crippen LogP contribution in [0.1, 0.15) is 25.5 Å². The Morgan fingerprint density at radius 1 is 1.25 bits per heavy atom. The molecule has 126 valence electrons. The Morgan fingerprint density at radius 3 is 2.79 bits per heavy atom. The summed E-state index contributed by atoms with van der Waals surface area (Å²) in [6.07, 6.45) is 5.73. The van der Waals surface area contributed by atoms with Gasteiger partial charge in [0.15, 0.2) is 5.82 Å². The highest BCUT2D eigenvalue weighted by Gasteiger charge is 2.18. The number of unbranched alkanes of at least 4 members (excludes halogenated alkanes) is 1. The summed E-state index contributed by atoms with van der Waals surface area (Å²) in [6.45, 7) is 2.10. The van der Waals surface area contributed by atoms with E-state index in [0.29, 0.717) is 0 Å². The summed E-state index contributed by atoms with van der Waals surface area (Å²) < 4.78 is 28.9. The summed E-state index contributed by atoms with van der Waals surface area (Å²) in [5, 5.41) is 11.0. The van der Waals surface area contributed by atoms with Crippen molar-refractivity contribution in [3.8, 4) is 5.69 Å². The van der Waals surface area contributed by atoms with Crippen LogP contribution in [0, 0.1) is 0 Å². The number of anilines is 1. The Bertz CT molecular complexity index is 899. The van der Waals surface area contributed by atoms with E-state index < -0.39 is 10.0 Å². The maximum Gasteiger partial charge on any atom is 0.266 e. The molecule has 3 aromatic rings. The first-order chi connectivity index (χ1) is 11.6. The minimum absolute atomic E-state index is 0.0875. The first kappa shape index (κ1) is 16.3. The number of aromatic amines is 1. The van der Waals surface area contributed by atoms with Crippen molar-refractivity contribution < 1.29 is 8.42 Å². The molecule has 0 saturated carbocycles. The largest absolute Gasteiger partial charge is 0.280 e. The number of nitrogens with one attached hydrogen (secondary N) is 2. The van der Waals surface area contributed by atoms with Crippen LogP contribution in [0.15, 0.2) is 53.7 Å². The van der Waals surface area contributed by atoms with Gasteiger partial charge in [-0.05, 0) is 25.0 Å². The van der Waals surface area contributed by atoms with Crippen molar-refractivity contribution in [2.75, 3.05) is 4.72 Å². The van der Waals surface area contributed by atoms with E-state index in [2.05, 4.69) is 26.9 Å². The summed E-state index contributed by atoms with van der Waals surface area (Å²) in [7, 11) is -3.72. The number of rotatable bonds is 7. The predicted molar refractivity (Wildman–Crippen MR) is 91.6 cm³/mol. The van der Waals surface area contributed by atoms with Crippen LogP contribution < -0.4 is 4.72 Å². The number of nitrogens with zero attached hydrogens (tertiary/aromatic N) is 3. The molecular formula is C16H19N5O2S. The Hall–Kier alpha value is -2.61. The third kappa shape index (κ3) is 3.65. The van der Waals surface area contributed by atoms with Crippen LogP contribution in [0.25, 0.3) is 5.69 Å². The van der Waals surface area contributed by atoms with E-state index in [4.69, 9.17) is 0 Å². The van der Waals surface area contributed by atoms with Crippen LogP contribution >= 0.6 is 0 Å². The van der Waals surface area contributed by atoms with Crippen molar-refractivity contribution in [3.63, 3.8) is 0 Å². The molecule has 24 heavy (non-hydrogen) atoms. The third-order valence-electron chi connectivity index (χ3n) is 3.56. The van der Waals surface area contributed by atoms with Gasteiger partial charge in [-0.25, -0.2) is 13.1 Å². The molecule has 0 unspecified atom stereocenters. The van der Waals surface area contributed by atoms with E-state index in [1.807, 2.05) is 30.3 Å². The van der Waals surface area contributed by atoms with Crippen LogP contribution in [-0.2, 0) is 16.4 Å². The van der Waals surface area contributed by atoms with E-state index in [-0.39, 0.29) is 10.7 Å². The lowest BCUT2D eigenvalue weighted by molar-refractivity contribution is 0.601. The normalized spacial score (nSPS) is 11.5. The first-order valence-electron chi connectivity index (χ1n) is 7.75. The Morgan fingerprint density at radius 2 is 2.04 bits per heavy atom. The topological polar surface area (TPSA) is 92.7 Å². The zero-order valence-corrected chi connectivity index (χ0v) is 14.1. The molecule has 2 aromatic heterocycles. The van der Waals surface area contributed by atoms with E-state index in [1.54, 1.807) is 6.07 Å². The number of para-hydroxylation sites is 1. The highest BCUT2D eigenvalue weighted by molar-refractivity contribution is 7.92. The quantitative estimate of drug-likeness (QED) is 0.688. The molecular weight excluding hydrogens is 326 g/mol. The summed E-state index contributed by atoms with van der Waals surface area (Å²) in [5.41, 5.74) is 1.70. The van der Waals surface area contributed by atoms with E-state index in [9.17, 15) is 8.42 Å². The molecule has 0 aliphatic rings. The van der Waals surface area contributed by atoms with Gasteiger partial charge in [-0.1, -0.05) is 31.5 Å². The maximum absolute atomic E-state index is 12.5. The summed E-state index contributed by atoms with van der Waals surface area (Å²) in [6, 6.07) is 11.0. The second-order valence-electron chi connectivity index (χ2n) is 5.44. The van der Waals surface area contributed by atoms with E-state index in [0.717, 1.165) is 30.6 Å². The molecule has 3 rings (SSSR count). The standard InChI is InChI=1S/C16H19N5O2S/c1-2-3-7-13-10-16(19-18-13)20-24(22,23)15-11-17-21(12-15)14-8-5-4-6-9-14/h4-6,8-12H,2-3,7H2,1H3,(H2,18,19,20). The lowest BCUT2D eigenvalue weighted by Crippen LogP contribution is -2.12. The fourth-order valence-corrected chi connectivity index (χ4v) is 3.20.